The minimum Gasteiger partial charge on any atom is -0.493 e. The van der Waals surface area contributed by atoms with Crippen molar-refractivity contribution < 1.29 is 17.9 Å². The Kier molecular flexibility index (Phi) is 4.60. The van der Waals surface area contributed by atoms with E-state index in [-0.39, 0.29) is 5.56 Å². The second kappa shape index (κ2) is 7.35. The monoisotopic (exact) mass is 466 g/mol. The molecule has 5 nitrogen and oxygen atoms in total. The number of fused-ring (bicyclic) bond motifs is 3. The molecule has 1 atom stereocenters. The van der Waals surface area contributed by atoms with Gasteiger partial charge in [0.05, 0.1) is 23.7 Å². The average molecular weight is 467 g/mol. The number of halogens is 3. The van der Waals surface area contributed by atoms with Crippen LogP contribution in [0, 0.1) is 18.3 Å². The van der Waals surface area contributed by atoms with Gasteiger partial charge in [0.1, 0.15) is 11.6 Å². The molecule has 3 fully saturated rings. The molecule has 2 aromatic heterocycles. The lowest BCUT2D eigenvalue weighted by molar-refractivity contribution is -0.138. The van der Waals surface area contributed by atoms with Crippen LogP contribution in [0.5, 0.6) is 5.75 Å². The number of alkyl halides is 3. The molecule has 3 aliphatic rings. The summed E-state index contributed by atoms with van der Waals surface area (Å²) in [4.78, 5) is 9.00. The van der Waals surface area contributed by atoms with Crippen molar-refractivity contribution in [3.8, 4) is 5.75 Å². The maximum atomic E-state index is 13.4. The van der Waals surface area contributed by atoms with Gasteiger partial charge < -0.3 is 10.1 Å². The molecule has 34 heavy (non-hydrogen) atoms. The Morgan fingerprint density at radius 3 is 2.71 bits per heavy atom. The number of ether oxygens (including phenoxy) is 1. The molecule has 2 bridgehead atoms. The summed E-state index contributed by atoms with van der Waals surface area (Å²) in [7, 11) is 0. The normalized spacial score (nSPS) is 22.3. The Morgan fingerprint density at radius 2 is 2.00 bits per heavy atom. The number of rotatable bonds is 6. The number of hydrogen-bond acceptors (Lipinski definition) is 4. The molecule has 4 aromatic rings. The standard InChI is InChI=1S/C26H25F3N4O/c1-15-19(4-3-5-21(15)26(27,28)29)16(2)31-23-20-10-18(34-14-25-11-17(12-25)13-25)6-7-22(20)33-9-8-30-24(33)32-23/h3-10,16-17H,11-14H2,1-2H3,(H,30,31,32). The van der Waals surface area contributed by atoms with Crippen molar-refractivity contribution in [2.45, 2.75) is 45.3 Å². The highest BCUT2D eigenvalue weighted by Gasteiger charge is 2.56. The van der Waals surface area contributed by atoms with Gasteiger partial charge in [-0.25, -0.2) is 4.98 Å². The predicted octanol–water partition coefficient (Wildman–Crippen LogP) is 6.56. The molecule has 0 saturated heterocycles. The van der Waals surface area contributed by atoms with Crippen LogP contribution in [0.2, 0.25) is 0 Å². The lowest BCUT2D eigenvalue weighted by Gasteiger charge is -2.61. The third-order valence-corrected chi connectivity index (χ3v) is 7.53. The van der Waals surface area contributed by atoms with Crippen molar-refractivity contribution in [1.29, 1.82) is 0 Å². The number of anilines is 1. The molecule has 1 N–H and O–H groups in total. The molecule has 2 heterocycles. The zero-order valence-corrected chi connectivity index (χ0v) is 19.0. The van der Waals surface area contributed by atoms with E-state index < -0.39 is 17.8 Å². The molecular weight excluding hydrogens is 441 g/mol. The lowest BCUT2D eigenvalue weighted by atomic mass is 9.45. The largest absolute Gasteiger partial charge is 0.493 e. The fourth-order valence-electron chi connectivity index (χ4n) is 5.62. The SMILES string of the molecule is Cc1c(C(C)Nc2nc3nccn3c3ccc(OCC45CC(C4)C5)cc23)cccc1C(F)(F)F. The van der Waals surface area contributed by atoms with Crippen LogP contribution in [0.1, 0.15) is 48.9 Å². The summed E-state index contributed by atoms with van der Waals surface area (Å²) in [6.07, 6.45) is 2.91. The molecule has 176 valence electrons. The summed E-state index contributed by atoms with van der Waals surface area (Å²) in [5, 5.41) is 4.18. The minimum atomic E-state index is -4.40. The van der Waals surface area contributed by atoms with Gasteiger partial charge in [-0.2, -0.15) is 18.2 Å². The summed E-state index contributed by atoms with van der Waals surface area (Å²) in [5.74, 6) is 2.75. The smallest absolute Gasteiger partial charge is 0.416 e. The molecule has 0 spiro atoms. The summed E-state index contributed by atoms with van der Waals surface area (Å²) in [5.41, 5.74) is 1.43. The molecule has 1 unspecified atom stereocenters. The van der Waals surface area contributed by atoms with E-state index in [1.54, 1.807) is 12.3 Å². The summed E-state index contributed by atoms with van der Waals surface area (Å²) in [6.45, 7) is 4.07. The van der Waals surface area contributed by atoms with E-state index in [2.05, 4.69) is 15.3 Å². The molecule has 2 aromatic carbocycles. The van der Waals surface area contributed by atoms with Crippen LogP contribution in [-0.4, -0.2) is 21.0 Å². The first-order chi connectivity index (χ1) is 16.2. The molecule has 3 saturated carbocycles. The summed E-state index contributed by atoms with van der Waals surface area (Å²) < 4.78 is 48.4. The molecule has 8 heteroatoms. The number of nitrogens with zero attached hydrogens (tertiary/aromatic N) is 3. The van der Waals surface area contributed by atoms with Crippen LogP contribution < -0.4 is 10.1 Å². The van der Waals surface area contributed by atoms with Crippen molar-refractivity contribution in [3.05, 3.63) is 65.5 Å². The van der Waals surface area contributed by atoms with E-state index in [1.807, 2.05) is 35.7 Å². The first-order valence-corrected chi connectivity index (χ1v) is 11.6. The fraction of sp³-hybridized carbons (Fsp3) is 0.385. The Labute approximate surface area is 195 Å². The Hall–Kier alpha value is -3.29. The van der Waals surface area contributed by atoms with Gasteiger partial charge in [-0.3, -0.25) is 4.40 Å². The van der Waals surface area contributed by atoms with E-state index in [9.17, 15) is 13.2 Å². The molecular formula is C26H25F3N4O. The van der Waals surface area contributed by atoms with Gasteiger partial charge in [-0.05, 0) is 74.4 Å². The van der Waals surface area contributed by atoms with E-state index in [4.69, 9.17) is 4.74 Å². The molecule has 0 aliphatic heterocycles. The first kappa shape index (κ1) is 21.3. The van der Waals surface area contributed by atoms with Gasteiger partial charge in [-0.1, -0.05) is 12.1 Å². The topological polar surface area (TPSA) is 51.5 Å². The van der Waals surface area contributed by atoms with Crippen molar-refractivity contribution in [3.63, 3.8) is 0 Å². The zero-order valence-electron chi connectivity index (χ0n) is 19.0. The van der Waals surface area contributed by atoms with E-state index in [1.165, 1.54) is 32.3 Å². The second-order valence-electron chi connectivity index (χ2n) is 9.89. The number of aromatic nitrogens is 3. The number of nitrogens with one attached hydrogen (secondary N) is 1. The lowest BCUT2D eigenvalue weighted by Crippen LogP contribution is -2.55. The van der Waals surface area contributed by atoms with Crippen molar-refractivity contribution in [2.75, 3.05) is 11.9 Å². The van der Waals surface area contributed by atoms with Gasteiger partial charge >= 0.3 is 6.18 Å². The van der Waals surface area contributed by atoms with Gasteiger partial charge in [0.15, 0.2) is 0 Å². The quantitative estimate of drug-likeness (QED) is 0.350. The molecule has 7 rings (SSSR count). The summed E-state index contributed by atoms with van der Waals surface area (Å²) >= 11 is 0. The third kappa shape index (κ3) is 3.38. The summed E-state index contributed by atoms with van der Waals surface area (Å²) in [6, 6.07) is 9.78. The predicted molar refractivity (Wildman–Crippen MR) is 124 cm³/mol. The van der Waals surface area contributed by atoms with Crippen LogP contribution >= 0.6 is 0 Å². The van der Waals surface area contributed by atoms with Gasteiger partial charge in [0.25, 0.3) is 0 Å². The number of hydrogen-bond donors (Lipinski definition) is 1. The molecule has 0 radical (unpaired) electrons. The van der Waals surface area contributed by atoms with Crippen molar-refractivity contribution in [1.82, 2.24) is 14.4 Å². The molecule has 3 aliphatic carbocycles. The van der Waals surface area contributed by atoms with Gasteiger partial charge in [0, 0.05) is 23.2 Å². The van der Waals surface area contributed by atoms with E-state index in [0.717, 1.165) is 35.2 Å². The first-order valence-electron chi connectivity index (χ1n) is 11.6. The van der Waals surface area contributed by atoms with Crippen LogP contribution in [0.15, 0.2) is 48.8 Å². The van der Waals surface area contributed by atoms with Gasteiger partial charge in [0.2, 0.25) is 5.78 Å². The maximum Gasteiger partial charge on any atom is 0.416 e. The van der Waals surface area contributed by atoms with Crippen LogP contribution in [0.3, 0.4) is 0 Å². The maximum absolute atomic E-state index is 13.4. The van der Waals surface area contributed by atoms with Crippen LogP contribution in [0.25, 0.3) is 16.7 Å². The number of benzene rings is 2. The highest BCUT2D eigenvalue weighted by atomic mass is 19.4. The zero-order chi connectivity index (χ0) is 23.7. The van der Waals surface area contributed by atoms with Crippen molar-refractivity contribution >= 4 is 22.5 Å². The average Bonchev–Trinajstić information content (AvgIpc) is 3.19. The van der Waals surface area contributed by atoms with Crippen LogP contribution in [-0.2, 0) is 6.18 Å². The highest BCUT2D eigenvalue weighted by molar-refractivity contribution is 5.92. The van der Waals surface area contributed by atoms with Crippen LogP contribution in [0.4, 0.5) is 19.0 Å². The highest BCUT2D eigenvalue weighted by Crippen LogP contribution is 2.64. The fourth-order valence-corrected chi connectivity index (χ4v) is 5.62. The Morgan fingerprint density at radius 1 is 1.21 bits per heavy atom. The van der Waals surface area contributed by atoms with E-state index >= 15 is 0 Å². The third-order valence-electron chi connectivity index (χ3n) is 7.53. The Balaban J connectivity index is 1.36. The minimum absolute atomic E-state index is 0.212. The number of imidazole rings is 1. The van der Waals surface area contributed by atoms with E-state index in [0.29, 0.717) is 22.6 Å². The second-order valence-corrected chi connectivity index (χ2v) is 9.89. The Bertz CT molecular complexity index is 1390. The van der Waals surface area contributed by atoms with Crippen molar-refractivity contribution in [2.24, 2.45) is 11.3 Å². The van der Waals surface area contributed by atoms with Gasteiger partial charge in [-0.15, -0.1) is 0 Å². The molecule has 0 amide bonds.